The predicted octanol–water partition coefficient (Wildman–Crippen LogP) is 1.35. The van der Waals surface area contributed by atoms with Gasteiger partial charge in [0.05, 0.1) is 12.8 Å². The summed E-state index contributed by atoms with van der Waals surface area (Å²) in [6, 6.07) is 7.87. The molecule has 0 heterocycles. The highest BCUT2D eigenvalue weighted by molar-refractivity contribution is 7.98. The monoisotopic (exact) mass is 277 g/mol. The van der Waals surface area contributed by atoms with E-state index in [1.807, 2.05) is 24.3 Å². The lowest BCUT2D eigenvalue weighted by Crippen LogP contribution is -2.38. The van der Waals surface area contributed by atoms with Crippen molar-refractivity contribution in [2.45, 2.75) is 12.2 Å². The van der Waals surface area contributed by atoms with Crippen LogP contribution in [0.15, 0.2) is 33.9 Å². The van der Waals surface area contributed by atoms with Crippen LogP contribution in [0.2, 0.25) is 0 Å². The largest absolute Gasteiger partial charge is 0.497 e. The van der Waals surface area contributed by atoms with Gasteiger partial charge in [0.15, 0.2) is 0 Å². The summed E-state index contributed by atoms with van der Waals surface area (Å²) in [5.74, 6) is 2.48. The Kier molecular flexibility index (Phi) is 4.27. The van der Waals surface area contributed by atoms with Gasteiger partial charge in [-0.1, -0.05) is 12.1 Å². The molecule has 2 rings (SSSR count). The van der Waals surface area contributed by atoms with Crippen LogP contribution in [-0.2, 0) is 12.2 Å². The standard InChI is InChI=1S/C14H15NO3S/c1-18-10-4-2-9(3-5-10)8-19-7-6-11-12(15)14(17)13(11)16/h2-5H,6-8,15H2,1H3. The van der Waals surface area contributed by atoms with Crippen molar-refractivity contribution in [2.24, 2.45) is 0 Å². The first-order valence-corrected chi connectivity index (χ1v) is 7.07. The summed E-state index contributed by atoms with van der Waals surface area (Å²) in [6.07, 6.45) is 0.567. The normalized spacial score (nSPS) is 10.8. The zero-order chi connectivity index (χ0) is 13.8. The molecule has 0 amide bonds. The van der Waals surface area contributed by atoms with Crippen molar-refractivity contribution in [3.05, 3.63) is 55.8 Å². The van der Waals surface area contributed by atoms with E-state index >= 15 is 0 Å². The van der Waals surface area contributed by atoms with Gasteiger partial charge >= 0.3 is 0 Å². The SMILES string of the molecule is COc1ccc(CSCCc2c(N)c(=O)c2=O)cc1. The van der Waals surface area contributed by atoms with Crippen LogP contribution in [0.4, 0.5) is 5.69 Å². The predicted molar refractivity (Wildman–Crippen MR) is 78.6 cm³/mol. The van der Waals surface area contributed by atoms with E-state index in [0.29, 0.717) is 12.0 Å². The van der Waals surface area contributed by atoms with E-state index in [1.165, 1.54) is 5.56 Å². The molecule has 2 N–H and O–H groups in total. The third-order valence-corrected chi connectivity index (χ3v) is 4.00. The number of hydrogen-bond donors (Lipinski definition) is 1. The minimum atomic E-state index is -0.532. The second kappa shape index (κ2) is 5.93. The molecule has 0 spiro atoms. The Bertz CT molecular complexity index is 627. The highest BCUT2D eigenvalue weighted by Gasteiger charge is 2.16. The maximum Gasteiger partial charge on any atom is 0.249 e. The van der Waals surface area contributed by atoms with Crippen LogP contribution in [0.5, 0.6) is 5.75 Å². The minimum Gasteiger partial charge on any atom is -0.497 e. The summed E-state index contributed by atoms with van der Waals surface area (Å²) >= 11 is 1.71. The van der Waals surface area contributed by atoms with Gasteiger partial charge in [-0.3, -0.25) is 9.59 Å². The number of nitrogens with two attached hydrogens (primary N) is 1. The van der Waals surface area contributed by atoms with Crippen molar-refractivity contribution in [1.29, 1.82) is 0 Å². The van der Waals surface area contributed by atoms with Gasteiger partial charge in [-0.05, 0) is 29.9 Å². The molecule has 0 aliphatic rings. The number of anilines is 1. The summed E-state index contributed by atoms with van der Waals surface area (Å²) in [6.45, 7) is 0. The highest BCUT2D eigenvalue weighted by atomic mass is 32.2. The van der Waals surface area contributed by atoms with Crippen LogP contribution in [-0.4, -0.2) is 12.9 Å². The summed E-state index contributed by atoms with van der Waals surface area (Å²) in [5.41, 5.74) is 6.36. The molecule has 100 valence electrons. The van der Waals surface area contributed by atoms with E-state index in [4.69, 9.17) is 10.5 Å². The van der Waals surface area contributed by atoms with Crippen molar-refractivity contribution in [2.75, 3.05) is 18.6 Å². The van der Waals surface area contributed by atoms with Crippen LogP contribution >= 0.6 is 11.8 Å². The van der Waals surface area contributed by atoms with Crippen LogP contribution in [0.3, 0.4) is 0 Å². The maximum atomic E-state index is 11.2. The summed E-state index contributed by atoms with van der Waals surface area (Å²) in [5, 5.41) is 0. The molecule has 0 saturated heterocycles. The van der Waals surface area contributed by atoms with E-state index in [0.717, 1.165) is 17.3 Å². The first-order valence-electron chi connectivity index (χ1n) is 5.92. The van der Waals surface area contributed by atoms with Crippen molar-refractivity contribution in [3.63, 3.8) is 0 Å². The molecule has 4 nitrogen and oxygen atoms in total. The van der Waals surface area contributed by atoms with Gasteiger partial charge in [0.25, 0.3) is 0 Å². The average molecular weight is 277 g/mol. The third kappa shape index (κ3) is 2.98. The number of methoxy groups -OCH3 is 1. The van der Waals surface area contributed by atoms with Crippen LogP contribution in [0, 0.1) is 0 Å². The Morgan fingerprint density at radius 1 is 1.16 bits per heavy atom. The number of hydrogen-bond acceptors (Lipinski definition) is 5. The Labute approximate surface area is 115 Å². The van der Waals surface area contributed by atoms with Crippen molar-refractivity contribution in [1.82, 2.24) is 0 Å². The third-order valence-electron chi connectivity index (χ3n) is 2.97. The fourth-order valence-electron chi connectivity index (χ4n) is 1.79. The van der Waals surface area contributed by atoms with Crippen LogP contribution in [0.25, 0.3) is 0 Å². The van der Waals surface area contributed by atoms with Crippen LogP contribution < -0.4 is 21.3 Å². The van der Waals surface area contributed by atoms with E-state index in [9.17, 15) is 9.59 Å². The minimum absolute atomic E-state index is 0.148. The molecule has 0 bridgehead atoms. The molecule has 0 saturated carbocycles. The van der Waals surface area contributed by atoms with Gasteiger partial charge in [-0.25, -0.2) is 0 Å². The number of ether oxygens (including phenoxy) is 1. The molecule has 0 aromatic heterocycles. The molecular formula is C14H15NO3S. The molecule has 19 heavy (non-hydrogen) atoms. The van der Waals surface area contributed by atoms with E-state index in [-0.39, 0.29) is 5.69 Å². The second-order valence-corrected chi connectivity index (χ2v) is 5.31. The molecule has 0 fully saturated rings. The highest BCUT2D eigenvalue weighted by Crippen LogP contribution is 2.17. The average Bonchev–Trinajstić information content (AvgIpc) is 2.46. The number of benzene rings is 1. The molecule has 5 heteroatoms. The van der Waals surface area contributed by atoms with E-state index in [2.05, 4.69) is 0 Å². The Morgan fingerprint density at radius 3 is 2.42 bits per heavy atom. The molecule has 0 atom stereocenters. The van der Waals surface area contributed by atoms with Crippen molar-refractivity contribution < 1.29 is 4.74 Å². The lowest BCUT2D eigenvalue weighted by molar-refractivity contribution is 0.414. The second-order valence-electron chi connectivity index (χ2n) is 4.20. The fourth-order valence-corrected chi connectivity index (χ4v) is 2.71. The van der Waals surface area contributed by atoms with Crippen molar-refractivity contribution in [3.8, 4) is 5.75 Å². The smallest absolute Gasteiger partial charge is 0.249 e. The molecular weight excluding hydrogens is 262 g/mol. The quantitative estimate of drug-likeness (QED) is 0.637. The Balaban J connectivity index is 1.78. The number of nitrogen functional groups attached to an aromatic ring is 1. The molecule has 2 aromatic rings. The lowest BCUT2D eigenvalue weighted by Gasteiger charge is -2.06. The number of thioether (sulfide) groups is 1. The topological polar surface area (TPSA) is 69.4 Å². The van der Waals surface area contributed by atoms with Gasteiger partial charge in [0, 0.05) is 11.3 Å². The van der Waals surface area contributed by atoms with Gasteiger partial charge in [0.1, 0.15) is 5.75 Å². The molecule has 0 unspecified atom stereocenters. The van der Waals surface area contributed by atoms with Gasteiger partial charge in [0.2, 0.25) is 10.9 Å². The van der Waals surface area contributed by atoms with E-state index < -0.39 is 10.9 Å². The van der Waals surface area contributed by atoms with Gasteiger partial charge < -0.3 is 10.5 Å². The Morgan fingerprint density at radius 2 is 1.84 bits per heavy atom. The first kappa shape index (κ1) is 13.7. The number of rotatable bonds is 6. The van der Waals surface area contributed by atoms with Crippen molar-refractivity contribution >= 4 is 17.4 Å². The van der Waals surface area contributed by atoms with Gasteiger partial charge in [-0.2, -0.15) is 11.8 Å². The zero-order valence-electron chi connectivity index (χ0n) is 10.6. The first-order chi connectivity index (χ1) is 9.13. The Hall–Kier alpha value is -1.75. The molecule has 2 aromatic carbocycles. The molecule has 0 aliphatic carbocycles. The maximum absolute atomic E-state index is 11.2. The molecule has 0 radical (unpaired) electrons. The summed E-state index contributed by atoms with van der Waals surface area (Å²) < 4.78 is 5.09. The summed E-state index contributed by atoms with van der Waals surface area (Å²) in [4.78, 5) is 22.1. The zero-order valence-corrected chi connectivity index (χ0v) is 11.5. The van der Waals surface area contributed by atoms with Crippen LogP contribution in [0.1, 0.15) is 11.1 Å². The molecule has 0 aliphatic heterocycles. The van der Waals surface area contributed by atoms with Gasteiger partial charge in [-0.15, -0.1) is 0 Å². The van der Waals surface area contributed by atoms with E-state index in [1.54, 1.807) is 18.9 Å². The summed E-state index contributed by atoms with van der Waals surface area (Å²) in [7, 11) is 1.64. The lowest BCUT2D eigenvalue weighted by atomic mass is 10.1. The fraction of sp³-hybridized carbons (Fsp3) is 0.286.